The summed E-state index contributed by atoms with van der Waals surface area (Å²) < 4.78 is 0. The van der Waals surface area contributed by atoms with Gasteiger partial charge in [0, 0.05) is 16.2 Å². The van der Waals surface area contributed by atoms with E-state index in [2.05, 4.69) is 22.2 Å². The van der Waals surface area contributed by atoms with E-state index in [1.54, 1.807) is 11.3 Å². The number of carbonyl (C=O) groups is 1. The molecule has 134 valence electrons. The van der Waals surface area contributed by atoms with E-state index in [1.807, 2.05) is 47.8 Å². The summed E-state index contributed by atoms with van der Waals surface area (Å²) >= 11 is 3.06. The van der Waals surface area contributed by atoms with Crippen LogP contribution in [0, 0.1) is 0 Å². The van der Waals surface area contributed by atoms with Crippen LogP contribution in [0.4, 0.5) is 0 Å². The van der Waals surface area contributed by atoms with Gasteiger partial charge in [-0.15, -0.1) is 11.3 Å². The summed E-state index contributed by atoms with van der Waals surface area (Å²) in [6.07, 6.45) is 0.0859. The highest BCUT2D eigenvalue weighted by atomic mass is 32.2. The minimum atomic E-state index is -0.246. The predicted molar refractivity (Wildman–Crippen MR) is 105 cm³/mol. The van der Waals surface area contributed by atoms with E-state index in [9.17, 15) is 9.59 Å². The summed E-state index contributed by atoms with van der Waals surface area (Å²) in [5.74, 6) is -0.149. The number of nitrogens with zero attached hydrogens (tertiary/aromatic N) is 1. The van der Waals surface area contributed by atoms with Crippen molar-refractivity contribution in [3.05, 3.63) is 80.4 Å². The smallest absolute Gasteiger partial charge is 0.251 e. The number of carbonyl (C=O) groups excluding carboxylic acids is 1. The van der Waals surface area contributed by atoms with Crippen molar-refractivity contribution in [1.29, 1.82) is 0 Å². The highest BCUT2D eigenvalue weighted by Gasteiger charge is 2.12. The van der Waals surface area contributed by atoms with Gasteiger partial charge >= 0.3 is 0 Å². The van der Waals surface area contributed by atoms with Crippen LogP contribution in [0.2, 0.25) is 0 Å². The maximum absolute atomic E-state index is 12.1. The lowest BCUT2D eigenvalue weighted by Gasteiger charge is -2.11. The van der Waals surface area contributed by atoms with Crippen molar-refractivity contribution in [3.8, 4) is 0 Å². The quantitative estimate of drug-likeness (QED) is 0.482. The highest BCUT2D eigenvalue weighted by molar-refractivity contribution is 7.99. The van der Waals surface area contributed by atoms with Gasteiger partial charge < -0.3 is 10.3 Å². The molecule has 2 heterocycles. The van der Waals surface area contributed by atoms with Gasteiger partial charge in [-0.2, -0.15) is 0 Å². The molecule has 0 bridgehead atoms. The highest BCUT2D eigenvalue weighted by Crippen LogP contribution is 2.31. The molecule has 0 aliphatic rings. The van der Waals surface area contributed by atoms with Gasteiger partial charge in [-0.1, -0.05) is 48.2 Å². The third kappa shape index (κ3) is 5.31. The molecule has 1 amide bonds. The summed E-state index contributed by atoms with van der Waals surface area (Å²) in [4.78, 5) is 32.3. The molecule has 0 saturated carbocycles. The van der Waals surface area contributed by atoms with Crippen LogP contribution in [0.5, 0.6) is 0 Å². The lowest BCUT2D eigenvalue weighted by molar-refractivity contribution is -0.120. The molecule has 1 unspecified atom stereocenters. The average molecular weight is 386 g/mol. The third-order valence-corrected chi connectivity index (χ3v) is 5.63. The second-order valence-corrected chi connectivity index (χ2v) is 8.11. The normalized spacial score (nSPS) is 11.9. The van der Waals surface area contributed by atoms with E-state index in [0.717, 1.165) is 10.4 Å². The fourth-order valence-electron chi connectivity index (χ4n) is 2.42. The first-order valence-corrected chi connectivity index (χ1v) is 9.97. The van der Waals surface area contributed by atoms with E-state index in [0.29, 0.717) is 17.4 Å². The number of amides is 1. The molecule has 26 heavy (non-hydrogen) atoms. The van der Waals surface area contributed by atoms with Gasteiger partial charge in [0.1, 0.15) is 0 Å². The zero-order chi connectivity index (χ0) is 18.4. The zero-order valence-electron chi connectivity index (χ0n) is 14.3. The first kappa shape index (κ1) is 18.4. The van der Waals surface area contributed by atoms with Gasteiger partial charge in [0.15, 0.2) is 5.16 Å². The Bertz CT molecular complexity index is 908. The van der Waals surface area contributed by atoms with Gasteiger partial charge in [-0.25, -0.2) is 4.98 Å². The second kappa shape index (κ2) is 8.82. The molecule has 5 nitrogen and oxygen atoms in total. The van der Waals surface area contributed by atoms with Crippen molar-refractivity contribution in [2.24, 2.45) is 0 Å². The Morgan fingerprint density at radius 3 is 2.81 bits per heavy atom. The van der Waals surface area contributed by atoms with Crippen molar-refractivity contribution in [2.45, 2.75) is 30.3 Å². The Morgan fingerprint density at radius 2 is 2.08 bits per heavy atom. The van der Waals surface area contributed by atoms with Gasteiger partial charge in [0.05, 0.1) is 18.7 Å². The van der Waals surface area contributed by atoms with Gasteiger partial charge in [-0.05, 0) is 23.9 Å². The molecule has 0 radical (unpaired) electrons. The van der Waals surface area contributed by atoms with Crippen LogP contribution in [0.25, 0.3) is 0 Å². The van der Waals surface area contributed by atoms with Crippen molar-refractivity contribution in [2.75, 3.05) is 0 Å². The van der Waals surface area contributed by atoms with E-state index >= 15 is 0 Å². The van der Waals surface area contributed by atoms with Crippen molar-refractivity contribution >= 4 is 29.0 Å². The number of thiophene rings is 1. The summed E-state index contributed by atoms with van der Waals surface area (Å²) in [5.41, 5.74) is 1.38. The molecule has 2 aromatic heterocycles. The first-order chi connectivity index (χ1) is 12.6. The molecule has 2 N–H and O–H groups in total. The summed E-state index contributed by atoms with van der Waals surface area (Å²) in [6, 6.07) is 15.3. The van der Waals surface area contributed by atoms with Crippen LogP contribution in [0.15, 0.2) is 63.9 Å². The third-order valence-electron chi connectivity index (χ3n) is 3.71. The van der Waals surface area contributed by atoms with Gasteiger partial charge in [0.2, 0.25) is 5.91 Å². The van der Waals surface area contributed by atoms with E-state index in [1.165, 1.54) is 17.8 Å². The fourth-order valence-corrected chi connectivity index (χ4v) is 4.02. The van der Waals surface area contributed by atoms with E-state index in [-0.39, 0.29) is 23.1 Å². The van der Waals surface area contributed by atoms with E-state index in [4.69, 9.17) is 0 Å². The topological polar surface area (TPSA) is 74.8 Å². The molecule has 1 aromatic carbocycles. The number of thioether (sulfide) groups is 1. The van der Waals surface area contributed by atoms with Gasteiger partial charge in [-0.3, -0.25) is 9.59 Å². The molecule has 3 rings (SSSR count). The van der Waals surface area contributed by atoms with Gasteiger partial charge in [0.25, 0.3) is 5.56 Å². The number of hydrogen-bond donors (Lipinski definition) is 2. The molecule has 0 aliphatic carbocycles. The molecule has 7 heteroatoms. The molecule has 3 aromatic rings. The molecule has 0 aliphatic heterocycles. The number of aromatic nitrogens is 2. The number of nitrogens with one attached hydrogen (secondary N) is 2. The SMILES string of the molecule is CC(Sc1nc(CC(=O)NCc2cccs2)cc(=O)[nH]1)c1ccccc1. The molecular formula is C19H19N3O2S2. The molecule has 1 atom stereocenters. The number of rotatable bonds is 7. The van der Waals surface area contributed by atoms with Crippen LogP contribution in [0.1, 0.15) is 28.3 Å². The zero-order valence-corrected chi connectivity index (χ0v) is 15.9. The molecule has 0 spiro atoms. The maximum Gasteiger partial charge on any atom is 0.251 e. The van der Waals surface area contributed by atoms with Crippen LogP contribution < -0.4 is 10.9 Å². The van der Waals surface area contributed by atoms with Crippen molar-refractivity contribution in [1.82, 2.24) is 15.3 Å². The maximum atomic E-state index is 12.1. The minimum absolute atomic E-state index is 0.0859. The van der Waals surface area contributed by atoms with Crippen LogP contribution in [-0.4, -0.2) is 15.9 Å². The molecule has 0 fully saturated rings. The summed E-state index contributed by atoms with van der Waals surface area (Å²) in [7, 11) is 0. The monoisotopic (exact) mass is 385 g/mol. The number of aromatic amines is 1. The lowest BCUT2D eigenvalue weighted by atomic mass is 10.2. The lowest BCUT2D eigenvalue weighted by Crippen LogP contribution is -2.25. The summed E-state index contributed by atoms with van der Waals surface area (Å²) in [5, 5.41) is 5.49. The Hall–Kier alpha value is -2.38. The molecule has 0 saturated heterocycles. The first-order valence-electron chi connectivity index (χ1n) is 8.21. The second-order valence-electron chi connectivity index (χ2n) is 5.75. The van der Waals surface area contributed by atoms with Crippen LogP contribution in [-0.2, 0) is 17.8 Å². The van der Waals surface area contributed by atoms with Crippen LogP contribution in [0.3, 0.4) is 0 Å². The largest absolute Gasteiger partial charge is 0.351 e. The summed E-state index contributed by atoms with van der Waals surface area (Å²) in [6.45, 7) is 2.55. The Kier molecular flexibility index (Phi) is 6.25. The molecular weight excluding hydrogens is 366 g/mol. The number of benzene rings is 1. The van der Waals surface area contributed by atoms with Crippen molar-refractivity contribution < 1.29 is 4.79 Å². The number of hydrogen-bond acceptors (Lipinski definition) is 5. The standard InChI is InChI=1S/C19H19N3O2S2/c1-13(14-6-3-2-4-7-14)26-19-21-15(11-18(24)22-19)10-17(23)20-12-16-8-5-9-25-16/h2-9,11,13H,10,12H2,1H3,(H,20,23)(H,21,22,24). The average Bonchev–Trinajstić information content (AvgIpc) is 3.14. The Morgan fingerprint density at radius 1 is 1.27 bits per heavy atom. The minimum Gasteiger partial charge on any atom is -0.351 e. The Labute approximate surface area is 159 Å². The Balaban J connectivity index is 1.63. The van der Waals surface area contributed by atoms with E-state index < -0.39 is 0 Å². The van der Waals surface area contributed by atoms with Crippen molar-refractivity contribution in [3.63, 3.8) is 0 Å². The number of H-pyrrole nitrogens is 1. The fraction of sp³-hybridized carbons (Fsp3) is 0.211. The predicted octanol–water partition coefficient (Wildman–Crippen LogP) is 3.54. The van der Waals surface area contributed by atoms with Crippen LogP contribution >= 0.6 is 23.1 Å².